The second-order valence-electron chi connectivity index (χ2n) is 10.9. The van der Waals surface area contributed by atoms with Crippen molar-refractivity contribution in [2.24, 2.45) is 0 Å². The van der Waals surface area contributed by atoms with Crippen molar-refractivity contribution in [1.29, 1.82) is 0 Å². The highest BCUT2D eigenvalue weighted by Gasteiger charge is 2.19. The van der Waals surface area contributed by atoms with Crippen LogP contribution in [0.2, 0.25) is 5.02 Å². The van der Waals surface area contributed by atoms with Crippen LogP contribution in [-0.4, -0.2) is 25.2 Å². The average molecular weight is 615 g/mol. The van der Waals surface area contributed by atoms with Crippen LogP contribution in [0.5, 0.6) is 5.75 Å². The summed E-state index contributed by atoms with van der Waals surface area (Å²) in [5, 5.41) is 14.8. The van der Waals surface area contributed by atoms with Gasteiger partial charge in [0.05, 0.1) is 32.6 Å². The highest BCUT2D eigenvalue weighted by molar-refractivity contribution is 7.91. The van der Waals surface area contributed by atoms with Crippen LogP contribution in [0.1, 0.15) is 95.3 Å². The second-order valence-corrected chi connectivity index (χ2v) is 13.4. The number of hydrogen-bond donors (Lipinski definition) is 3. The highest BCUT2D eigenvalue weighted by Crippen LogP contribution is 2.34. The predicted molar refractivity (Wildman–Crippen MR) is 173 cm³/mol. The fourth-order valence-electron chi connectivity index (χ4n) is 4.70. The molecule has 9 heteroatoms. The lowest BCUT2D eigenvalue weighted by molar-refractivity contribution is 0.102. The van der Waals surface area contributed by atoms with Crippen molar-refractivity contribution in [2.45, 2.75) is 89.9 Å². The number of rotatable bonds is 17. The summed E-state index contributed by atoms with van der Waals surface area (Å²) < 4.78 is 25.7. The van der Waals surface area contributed by atoms with Crippen LogP contribution in [0.4, 0.5) is 11.4 Å². The molecule has 0 unspecified atom stereocenters. The minimum atomic E-state index is -3.49. The minimum absolute atomic E-state index is 0.0543. The SMILES string of the molecule is CCCCCCCCCCCCS(=O)(=O)c1ccc(NC(=O)c2ccc3c(NOC=C(C)C)cccc3c2O)c(Cl)c1. The van der Waals surface area contributed by atoms with Crippen molar-refractivity contribution in [3.8, 4) is 5.75 Å². The molecule has 1 amide bonds. The molecule has 3 rings (SSSR count). The van der Waals surface area contributed by atoms with E-state index in [1.807, 2.05) is 13.8 Å². The van der Waals surface area contributed by atoms with Crippen molar-refractivity contribution in [3.63, 3.8) is 0 Å². The van der Waals surface area contributed by atoms with E-state index in [0.29, 0.717) is 22.9 Å². The molecule has 0 aliphatic rings. The number of halogens is 1. The number of anilines is 2. The molecule has 0 saturated carbocycles. The van der Waals surface area contributed by atoms with E-state index in [9.17, 15) is 18.3 Å². The number of sulfone groups is 1. The number of phenols is 1. The maximum Gasteiger partial charge on any atom is 0.259 e. The molecule has 0 saturated heterocycles. The van der Waals surface area contributed by atoms with Gasteiger partial charge in [-0.15, -0.1) is 0 Å². The van der Waals surface area contributed by atoms with E-state index < -0.39 is 15.7 Å². The molecule has 0 heterocycles. The summed E-state index contributed by atoms with van der Waals surface area (Å²) in [4.78, 5) is 18.6. The van der Waals surface area contributed by atoms with E-state index in [4.69, 9.17) is 16.4 Å². The summed E-state index contributed by atoms with van der Waals surface area (Å²) in [7, 11) is -3.49. The number of phenolic OH excluding ortho intramolecular Hbond substituents is 1. The number of carbonyl (C=O) groups excluding carboxylic acids is 1. The summed E-state index contributed by atoms with van der Waals surface area (Å²) in [6.07, 6.45) is 12.8. The zero-order valence-electron chi connectivity index (χ0n) is 24.8. The number of unbranched alkanes of at least 4 members (excludes halogenated alkanes) is 9. The molecule has 3 aromatic carbocycles. The summed E-state index contributed by atoms with van der Waals surface area (Å²) in [5.41, 5.74) is 4.75. The Morgan fingerprint density at radius 1 is 0.881 bits per heavy atom. The normalized spacial score (nSPS) is 11.3. The van der Waals surface area contributed by atoms with Gasteiger partial charge in [-0.3, -0.25) is 4.79 Å². The number of nitrogens with one attached hydrogen (secondary N) is 2. The maximum atomic E-state index is 13.1. The molecule has 0 aliphatic carbocycles. The van der Waals surface area contributed by atoms with Crippen LogP contribution in [-0.2, 0) is 14.7 Å². The zero-order chi connectivity index (χ0) is 30.5. The Bertz CT molecular complexity index is 1480. The van der Waals surface area contributed by atoms with Gasteiger partial charge in [-0.25, -0.2) is 13.9 Å². The van der Waals surface area contributed by atoms with E-state index >= 15 is 0 Å². The van der Waals surface area contributed by atoms with Crippen molar-refractivity contribution in [3.05, 3.63) is 71.0 Å². The van der Waals surface area contributed by atoms with Gasteiger partial charge >= 0.3 is 0 Å². The van der Waals surface area contributed by atoms with Gasteiger partial charge in [-0.2, -0.15) is 0 Å². The molecule has 42 heavy (non-hydrogen) atoms. The fourth-order valence-corrected chi connectivity index (χ4v) is 6.39. The summed E-state index contributed by atoms with van der Waals surface area (Å²) in [6.45, 7) is 6.02. The Labute approximate surface area is 255 Å². The van der Waals surface area contributed by atoms with Crippen molar-refractivity contribution in [2.75, 3.05) is 16.5 Å². The van der Waals surface area contributed by atoms with Gasteiger partial charge in [0.1, 0.15) is 12.0 Å². The summed E-state index contributed by atoms with van der Waals surface area (Å²) in [6, 6.07) is 12.8. The lowest BCUT2D eigenvalue weighted by Crippen LogP contribution is -2.13. The van der Waals surface area contributed by atoms with Crippen molar-refractivity contribution >= 4 is 49.5 Å². The molecule has 0 aliphatic heterocycles. The number of hydrogen-bond acceptors (Lipinski definition) is 6. The van der Waals surface area contributed by atoms with Crippen LogP contribution in [0.3, 0.4) is 0 Å². The molecular formula is C33H43ClN2O5S. The zero-order valence-corrected chi connectivity index (χ0v) is 26.4. The third-order valence-corrected chi connectivity index (χ3v) is 9.17. The van der Waals surface area contributed by atoms with E-state index in [1.165, 1.54) is 62.8 Å². The predicted octanol–water partition coefficient (Wildman–Crippen LogP) is 9.41. The highest BCUT2D eigenvalue weighted by atomic mass is 35.5. The number of fused-ring (bicyclic) bond motifs is 1. The standard InChI is InChI=1S/C33H43ClN2O5S/c1-4-5-6-7-8-9-10-11-12-13-21-42(39,40)25-17-20-31(29(34)22-25)35-33(38)28-19-18-26-27(32(28)37)15-14-16-30(26)36-41-23-24(2)3/h14-20,22-23,36-37H,4-13,21H2,1-3H3,(H,35,38). The molecule has 228 valence electrons. The number of allylic oxidation sites excluding steroid dienone is 1. The lowest BCUT2D eigenvalue weighted by Gasteiger charge is -2.13. The van der Waals surface area contributed by atoms with E-state index in [2.05, 4.69) is 17.7 Å². The Hall–Kier alpha value is -3.23. The first-order valence-electron chi connectivity index (χ1n) is 14.8. The van der Waals surface area contributed by atoms with Gasteiger partial charge in [0.25, 0.3) is 5.91 Å². The Morgan fingerprint density at radius 3 is 2.19 bits per heavy atom. The number of carbonyl (C=O) groups is 1. The Kier molecular flexibility index (Phi) is 13.0. The summed E-state index contributed by atoms with van der Waals surface area (Å²) >= 11 is 6.39. The van der Waals surface area contributed by atoms with Crippen LogP contribution >= 0.6 is 11.6 Å². The maximum absolute atomic E-state index is 13.1. The van der Waals surface area contributed by atoms with Gasteiger partial charge in [0.15, 0.2) is 9.84 Å². The Balaban J connectivity index is 1.58. The molecule has 0 fully saturated rings. The molecule has 0 radical (unpaired) electrons. The van der Waals surface area contributed by atoms with E-state index in [-0.39, 0.29) is 32.7 Å². The largest absolute Gasteiger partial charge is 0.506 e. The van der Waals surface area contributed by atoms with Gasteiger partial charge in [0.2, 0.25) is 0 Å². The van der Waals surface area contributed by atoms with E-state index in [1.54, 1.807) is 30.5 Å². The number of benzene rings is 3. The second kappa shape index (κ2) is 16.4. The smallest absolute Gasteiger partial charge is 0.259 e. The fraction of sp³-hybridized carbons (Fsp3) is 0.424. The molecule has 0 bridgehead atoms. The van der Waals surface area contributed by atoms with Gasteiger partial charge in [0, 0.05) is 10.8 Å². The summed E-state index contributed by atoms with van der Waals surface area (Å²) in [5.74, 6) is -0.702. The topological polar surface area (TPSA) is 105 Å². The van der Waals surface area contributed by atoms with Crippen LogP contribution in [0, 0.1) is 0 Å². The van der Waals surface area contributed by atoms with Crippen molar-refractivity contribution in [1.82, 2.24) is 0 Å². The lowest BCUT2D eigenvalue weighted by atomic mass is 10.0. The number of amides is 1. The van der Waals surface area contributed by atoms with Gasteiger partial charge in [-0.05, 0) is 56.2 Å². The monoisotopic (exact) mass is 614 g/mol. The molecule has 7 nitrogen and oxygen atoms in total. The first-order chi connectivity index (χ1) is 20.1. The van der Waals surface area contributed by atoms with Crippen LogP contribution < -0.4 is 10.8 Å². The van der Waals surface area contributed by atoms with Gasteiger partial charge < -0.3 is 15.3 Å². The van der Waals surface area contributed by atoms with Crippen molar-refractivity contribution < 1.29 is 23.2 Å². The molecule has 0 atom stereocenters. The quantitative estimate of drug-likeness (QED) is 0.0794. The first kappa shape index (κ1) is 33.3. The average Bonchev–Trinajstić information content (AvgIpc) is 2.95. The molecule has 0 spiro atoms. The molecule has 3 aromatic rings. The first-order valence-corrected chi connectivity index (χ1v) is 16.8. The number of aromatic hydroxyl groups is 1. The third kappa shape index (κ3) is 9.66. The van der Waals surface area contributed by atoms with Crippen LogP contribution in [0.25, 0.3) is 10.8 Å². The molecule has 0 aromatic heterocycles. The molecule has 3 N–H and O–H groups in total. The third-order valence-electron chi connectivity index (χ3n) is 7.06. The van der Waals surface area contributed by atoms with Gasteiger partial charge in [-0.1, -0.05) is 94.5 Å². The Morgan fingerprint density at radius 2 is 1.55 bits per heavy atom. The minimum Gasteiger partial charge on any atom is -0.506 e. The molecular weight excluding hydrogens is 572 g/mol. The van der Waals surface area contributed by atoms with Crippen LogP contribution in [0.15, 0.2) is 65.3 Å². The van der Waals surface area contributed by atoms with E-state index in [0.717, 1.165) is 24.8 Å².